The predicted molar refractivity (Wildman–Crippen MR) is 124 cm³/mol. The second kappa shape index (κ2) is 10.9. The highest BCUT2D eigenvalue weighted by Crippen LogP contribution is 2.15. The Hall–Kier alpha value is -2.97. The van der Waals surface area contributed by atoms with E-state index < -0.39 is 0 Å². The van der Waals surface area contributed by atoms with Gasteiger partial charge in [-0.15, -0.1) is 0 Å². The summed E-state index contributed by atoms with van der Waals surface area (Å²) in [4.78, 5) is 24.7. The van der Waals surface area contributed by atoms with Gasteiger partial charge in [-0.1, -0.05) is 6.07 Å². The Morgan fingerprint density at radius 2 is 1.90 bits per heavy atom. The van der Waals surface area contributed by atoms with Crippen LogP contribution < -0.4 is 20.7 Å². The summed E-state index contributed by atoms with van der Waals surface area (Å²) in [5.41, 5.74) is 1.65. The number of hydrogen-bond donors (Lipinski definition) is 3. The lowest BCUT2D eigenvalue weighted by Crippen LogP contribution is -2.34. The quantitative estimate of drug-likeness (QED) is 0.570. The van der Waals surface area contributed by atoms with Crippen LogP contribution in [0.2, 0.25) is 0 Å². The van der Waals surface area contributed by atoms with Gasteiger partial charge < -0.3 is 20.1 Å². The van der Waals surface area contributed by atoms with Crippen molar-refractivity contribution in [2.45, 2.75) is 38.9 Å². The Kier molecular flexibility index (Phi) is 7.97. The third-order valence-corrected chi connectivity index (χ3v) is 4.82. The molecule has 0 aliphatic carbocycles. The van der Waals surface area contributed by atoms with Crippen LogP contribution in [0.5, 0.6) is 5.75 Å². The number of carbonyl (C=O) groups is 2. The molecule has 1 atom stereocenters. The van der Waals surface area contributed by atoms with E-state index in [0.717, 1.165) is 19.4 Å². The fourth-order valence-electron chi connectivity index (χ4n) is 3.14. The smallest absolute Gasteiger partial charge is 0.257 e. The van der Waals surface area contributed by atoms with Gasteiger partial charge in [0.15, 0.2) is 5.11 Å². The molecule has 1 fully saturated rings. The molecule has 2 amide bonds. The zero-order valence-electron chi connectivity index (χ0n) is 17.6. The van der Waals surface area contributed by atoms with Crippen LogP contribution in [-0.4, -0.2) is 42.3 Å². The predicted octanol–water partition coefficient (Wildman–Crippen LogP) is 3.51. The van der Waals surface area contributed by atoms with Gasteiger partial charge in [0, 0.05) is 30.0 Å². The third kappa shape index (κ3) is 7.04. The number of hydrogen-bond acceptors (Lipinski definition) is 5. The summed E-state index contributed by atoms with van der Waals surface area (Å²) >= 11 is 5.23. The number of rotatable bonds is 7. The molecule has 0 aromatic heterocycles. The lowest BCUT2D eigenvalue weighted by Gasteiger charge is -2.13. The van der Waals surface area contributed by atoms with Gasteiger partial charge in [-0.3, -0.25) is 14.9 Å². The van der Waals surface area contributed by atoms with E-state index in [1.54, 1.807) is 48.5 Å². The molecular weight excluding hydrogens is 414 g/mol. The molecule has 2 aromatic rings. The monoisotopic (exact) mass is 441 g/mol. The van der Waals surface area contributed by atoms with Crippen LogP contribution in [0.1, 0.15) is 47.4 Å². The van der Waals surface area contributed by atoms with Gasteiger partial charge in [0.05, 0.1) is 12.2 Å². The van der Waals surface area contributed by atoms with E-state index in [9.17, 15) is 9.59 Å². The second-order valence-electron chi connectivity index (χ2n) is 7.53. The summed E-state index contributed by atoms with van der Waals surface area (Å²) in [6.07, 6.45) is 2.13. The highest BCUT2D eigenvalue weighted by molar-refractivity contribution is 7.80. The molecule has 3 N–H and O–H groups in total. The van der Waals surface area contributed by atoms with Gasteiger partial charge in [-0.05, 0) is 81.4 Å². The van der Waals surface area contributed by atoms with Crippen LogP contribution in [0.3, 0.4) is 0 Å². The van der Waals surface area contributed by atoms with Crippen molar-refractivity contribution >= 4 is 34.8 Å². The van der Waals surface area contributed by atoms with Gasteiger partial charge in [0.2, 0.25) is 0 Å². The number of benzene rings is 2. The molecule has 1 unspecified atom stereocenters. The molecule has 3 rings (SSSR count). The van der Waals surface area contributed by atoms with E-state index in [1.165, 1.54) is 0 Å². The first-order valence-electron chi connectivity index (χ1n) is 10.3. The Labute approximate surface area is 187 Å². The van der Waals surface area contributed by atoms with Crippen LogP contribution in [-0.2, 0) is 4.74 Å². The molecule has 2 aromatic carbocycles. The Balaban J connectivity index is 1.49. The topological polar surface area (TPSA) is 88.7 Å². The lowest BCUT2D eigenvalue weighted by atomic mass is 10.2. The van der Waals surface area contributed by atoms with Crippen molar-refractivity contribution in [1.29, 1.82) is 0 Å². The van der Waals surface area contributed by atoms with Gasteiger partial charge >= 0.3 is 0 Å². The van der Waals surface area contributed by atoms with Crippen molar-refractivity contribution in [1.82, 2.24) is 10.6 Å². The normalized spacial score (nSPS) is 15.4. The highest BCUT2D eigenvalue weighted by atomic mass is 32.1. The summed E-state index contributed by atoms with van der Waals surface area (Å²) in [6, 6.07) is 13.8. The standard InChI is InChI=1S/C23H27N3O4S/c1-15(2)30-19-6-3-5-17(13-19)22(28)26-23(31)25-18-10-8-16(9-11-18)21(27)24-14-20-7-4-12-29-20/h3,5-6,8-11,13,15,20H,4,7,12,14H2,1-2H3,(H,24,27)(H2,25,26,28,31). The fourth-order valence-corrected chi connectivity index (χ4v) is 3.35. The number of ether oxygens (including phenoxy) is 2. The van der Waals surface area contributed by atoms with Gasteiger partial charge in [0.25, 0.3) is 11.8 Å². The molecule has 0 bridgehead atoms. The molecule has 31 heavy (non-hydrogen) atoms. The number of thiocarbonyl (C=S) groups is 1. The van der Waals surface area contributed by atoms with Crippen LogP contribution in [0, 0.1) is 0 Å². The Morgan fingerprint density at radius 3 is 2.58 bits per heavy atom. The van der Waals surface area contributed by atoms with Crippen molar-refractivity contribution < 1.29 is 19.1 Å². The molecular formula is C23H27N3O4S. The van der Waals surface area contributed by atoms with Crippen LogP contribution in [0.4, 0.5) is 5.69 Å². The molecule has 164 valence electrons. The highest BCUT2D eigenvalue weighted by Gasteiger charge is 2.16. The van der Waals surface area contributed by atoms with Gasteiger partial charge in [-0.2, -0.15) is 0 Å². The minimum absolute atomic E-state index is 0.0159. The van der Waals surface area contributed by atoms with E-state index in [2.05, 4.69) is 16.0 Å². The maximum atomic E-state index is 12.5. The van der Waals surface area contributed by atoms with E-state index in [0.29, 0.717) is 29.1 Å². The zero-order chi connectivity index (χ0) is 22.2. The van der Waals surface area contributed by atoms with Crippen molar-refractivity contribution in [3.8, 4) is 5.75 Å². The summed E-state index contributed by atoms with van der Waals surface area (Å²) in [5, 5.41) is 8.64. The van der Waals surface area contributed by atoms with Gasteiger partial charge in [-0.25, -0.2) is 0 Å². The molecule has 1 heterocycles. The van der Waals surface area contributed by atoms with E-state index in [-0.39, 0.29) is 29.1 Å². The maximum Gasteiger partial charge on any atom is 0.257 e. The number of carbonyl (C=O) groups excluding carboxylic acids is 2. The number of nitrogens with one attached hydrogen (secondary N) is 3. The SMILES string of the molecule is CC(C)Oc1cccc(C(=O)NC(=S)Nc2ccc(C(=O)NCC3CCCO3)cc2)c1. The van der Waals surface area contributed by atoms with Crippen molar-refractivity contribution in [3.05, 3.63) is 59.7 Å². The minimum Gasteiger partial charge on any atom is -0.491 e. The third-order valence-electron chi connectivity index (χ3n) is 4.61. The maximum absolute atomic E-state index is 12.5. The fraction of sp³-hybridized carbons (Fsp3) is 0.348. The van der Waals surface area contributed by atoms with Crippen molar-refractivity contribution in [3.63, 3.8) is 0 Å². The van der Waals surface area contributed by atoms with Crippen LogP contribution >= 0.6 is 12.2 Å². The largest absolute Gasteiger partial charge is 0.491 e. The second-order valence-corrected chi connectivity index (χ2v) is 7.93. The first-order valence-corrected chi connectivity index (χ1v) is 10.7. The average molecular weight is 442 g/mol. The molecule has 0 spiro atoms. The lowest BCUT2D eigenvalue weighted by molar-refractivity contribution is 0.0857. The van der Waals surface area contributed by atoms with E-state index in [1.807, 2.05) is 13.8 Å². The van der Waals surface area contributed by atoms with E-state index in [4.69, 9.17) is 21.7 Å². The van der Waals surface area contributed by atoms with Crippen LogP contribution in [0.15, 0.2) is 48.5 Å². The van der Waals surface area contributed by atoms with E-state index >= 15 is 0 Å². The molecule has 1 saturated heterocycles. The minimum atomic E-state index is -0.336. The first kappa shape index (κ1) is 22.7. The molecule has 0 radical (unpaired) electrons. The first-order chi connectivity index (χ1) is 14.9. The Bertz CT molecular complexity index is 925. The zero-order valence-corrected chi connectivity index (χ0v) is 18.5. The number of anilines is 1. The number of amides is 2. The molecule has 1 aliphatic heterocycles. The molecule has 7 nitrogen and oxygen atoms in total. The Morgan fingerprint density at radius 1 is 1.13 bits per heavy atom. The van der Waals surface area contributed by atoms with Crippen molar-refractivity contribution in [2.75, 3.05) is 18.5 Å². The average Bonchev–Trinajstić information content (AvgIpc) is 3.26. The summed E-state index contributed by atoms with van der Waals surface area (Å²) in [6.45, 7) is 5.11. The summed E-state index contributed by atoms with van der Waals surface area (Å²) < 4.78 is 11.1. The van der Waals surface area contributed by atoms with Crippen LogP contribution in [0.25, 0.3) is 0 Å². The molecule has 8 heteroatoms. The summed E-state index contributed by atoms with van der Waals surface area (Å²) in [7, 11) is 0. The van der Waals surface area contributed by atoms with Crippen molar-refractivity contribution in [2.24, 2.45) is 0 Å². The molecule has 1 aliphatic rings. The summed E-state index contributed by atoms with van der Waals surface area (Å²) in [5.74, 6) is 0.133. The van der Waals surface area contributed by atoms with Gasteiger partial charge in [0.1, 0.15) is 5.75 Å². The molecule has 0 saturated carbocycles.